The third kappa shape index (κ3) is 2.80. The van der Waals surface area contributed by atoms with E-state index in [1.54, 1.807) is 28.0 Å². The van der Waals surface area contributed by atoms with Crippen LogP contribution in [0.4, 0.5) is 0 Å². The van der Waals surface area contributed by atoms with Crippen LogP contribution in [-0.2, 0) is 4.79 Å². The van der Waals surface area contributed by atoms with Gasteiger partial charge in [0.25, 0.3) is 5.91 Å². The third-order valence-corrected chi connectivity index (χ3v) is 4.10. The number of halogens is 1. The first-order valence-electron chi connectivity index (χ1n) is 7.04. The Bertz CT molecular complexity index is 720. The summed E-state index contributed by atoms with van der Waals surface area (Å²) in [6, 6.07) is 7.23. The largest absolute Gasteiger partial charge is 0.387 e. The molecule has 0 atom stereocenters. The van der Waals surface area contributed by atoms with E-state index in [0.717, 1.165) is 10.9 Å². The molecule has 2 heterocycles. The minimum atomic E-state index is -0.489. The number of aromatic nitrogens is 1. The lowest BCUT2D eigenvalue weighted by atomic mass is 10.2. The van der Waals surface area contributed by atoms with Gasteiger partial charge in [-0.25, -0.2) is 0 Å². The first kappa shape index (κ1) is 14.9. The van der Waals surface area contributed by atoms with E-state index in [4.69, 9.17) is 16.7 Å². The van der Waals surface area contributed by atoms with Crippen LogP contribution in [0.15, 0.2) is 24.3 Å². The summed E-state index contributed by atoms with van der Waals surface area (Å²) in [5.74, 6) is -0.393. The van der Waals surface area contributed by atoms with Gasteiger partial charge < -0.3 is 19.9 Å². The van der Waals surface area contributed by atoms with Crippen molar-refractivity contribution in [1.29, 1.82) is 0 Å². The lowest BCUT2D eigenvalue weighted by Gasteiger charge is -2.34. The monoisotopic (exact) mass is 321 g/mol. The summed E-state index contributed by atoms with van der Waals surface area (Å²) in [4.78, 5) is 30.3. The van der Waals surface area contributed by atoms with E-state index in [1.807, 2.05) is 6.07 Å². The van der Waals surface area contributed by atoms with Crippen LogP contribution in [0.1, 0.15) is 10.5 Å². The minimum Gasteiger partial charge on any atom is -0.387 e. The number of benzene rings is 1. The summed E-state index contributed by atoms with van der Waals surface area (Å²) in [6.45, 7) is 1.31. The quantitative estimate of drug-likeness (QED) is 0.869. The molecular weight excluding hydrogens is 306 g/mol. The maximum atomic E-state index is 12.5. The molecule has 0 aliphatic carbocycles. The smallest absolute Gasteiger partial charge is 0.270 e. The highest BCUT2D eigenvalue weighted by Crippen LogP contribution is 2.21. The van der Waals surface area contributed by atoms with Gasteiger partial charge in [0.1, 0.15) is 12.3 Å². The predicted molar refractivity (Wildman–Crippen MR) is 82.9 cm³/mol. The molecule has 7 heteroatoms. The van der Waals surface area contributed by atoms with Crippen molar-refractivity contribution in [3.8, 4) is 0 Å². The van der Waals surface area contributed by atoms with Crippen LogP contribution in [0, 0.1) is 0 Å². The van der Waals surface area contributed by atoms with E-state index < -0.39 is 6.61 Å². The SMILES string of the molecule is O=C(CO)N1CCN(C(=O)c2cc3ccc(Cl)cc3[nH]2)CC1. The fraction of sp³-hybridized carbons (Fsp3) is 0.333. The molecule has 0 bridgehead atoms. The molecule has 1 aliphatic heterocycles. The fourth-order valence-corrected chi connectivity index (χ4v) is 2.82. The molecule has 0 saturated carbocycles. The number of carbonyl (C=O) groups excluding carboxylic acids is 2. The summed E-state index contributed by atoms with van der Waals surface area (Å²) in [5, 5.41) is 10.4. The molecule has 1 aliphatic rings. The van der Waals surface area contributed by atoms with Gasteiger partial charge in [0.2, 0.25) is 5.91 Å². The number of hydrogen-bond donors (Lipinski definition) is 2. The van der Waals surface area contributed by atoms with E-state index in [9.17, 15) is 9.59 Å². The molecule has 1 aromatic carbocycles. The third-order valence-electron chi connectivity index (χ3n) is 3.87. The van der Waals surface area contributed by atoms with Crippen molar-refractivity contribution in [2.45, 2.75) is 0 Å². The Balaban J connectivity index is 1.72. The van der Waals surface area contributed by atoms with Crippen molar-refractivity contribution in [3.05, 3.63) is 35.0 Å². The molecule has 2 N–H and O–H groups in total. The van der Waals surface area contributed by atoms with E-state index in [-0.39, 0.29) is 11.8 Å². The normalized spacial score (nSPS) is 15.4. The molecule has 116 valence electrons. The zero-order valence-electron chi connectivity index (χ0n) is 11.9. The second kappa shape index (κ2) is 5.98. The Kier molecular flexibility index (Phi) is 4.04. The van der Waals surface area contributed by atoms with E-state index in [1.165, 1.54) is 0 Å². The van der Waals surface area contributed by atoms with Crippen molar-refractivity contribution in [3.63, 3.8) is 0 Å². The van der Waals surface area contributed by atoms with Crippen molar-refractivity contribution in [1.82, 2.24) is 14.8 Å². The van der Waals surface area contributed by atoms with Gasteiger partial charge in [0, 0.05) is 42.1 Å². The lowest BCUT2D eigenvalue weighted by Crippen LogP contribution is -2.51. The topological polar surface area (TPSA) is 76.6 Å². The fourth-order valence-electron chi connectivity index (χ4n) is 2.64. The average molecular weight is 322 g/mol. The molecule has 22 heavy (non-hydrogen) atoms. The molecule has 0 unspecified atom stereocenters. The Hall–Kier alpha value is -2.05. The number of aliphatic hydroxyl groups is 1. The molecule has 2 amide bonds. The van der Waals surface area contributed by atoms with Crippen molar-refractivity contribution < 1.29 is 14.7 Å². The van der Waals surface area contributed by atoms with Crippen molar-refractivity contribution in [2.24, 2.45) is 0 Å². The molecule has 2 aromatic rings. The minimum absolute atomic E-state index is 0.0941. The predicted octanol–water partition coefficient (Wildman–Crippen LogP) is 1.10. The van der Waals surface area contributed by atoms with Gasteiger partial charge in [-0.1, -0.05) is 17.7 Å². The van der Waals surface area contributed by atoms with Crippen LogP contribution in [0.5, 0.6) is 0 Å². The summed E-state index contributed by atoms with van der Waals surface area (Å²) in [6.07, 6.45) is 0. The average Bonchev–Trinajstić information content (AvgIpc) is 2.96. The Morgan fingerprint density at radius 3 is 2.50 bits per heavy atom. The number of rotatable bonds is 2. The van der Waals surface area contributed by atoms with Gasteiger partial charge in [0.15, 0.2) is 0 Å². The van der Waals surface area contributed by atoms with Crippen molar-refractivity contribution in [2.75, 3.05) is 32.8 Å². The summed E-state index contributed by atoms with van der Waals surface area (Å²) in [5.41, 5.74) is 1.34. The maximum absolute atomic E-state index is 12.5. The second-order valence-corrected chi connectivity index (χ2v) is 5.68. The zero-order valence-corrected chi connectivity index (χ0v) is 12.6. The number of aromatic amines is 1. The number of nitrogens with one attached hydrogen (secondary N) is 1. The van der Waals surface area contributed by atoms with Gasteiger partial charge in [0.05, 0.1) is 0 Å². The number of H-pyrrole nitrogens is 1. The first-order valence-corrected chi connectivity index (χ1v) is 7.42. The molecule has 6 nitrogen and oxygen atoms in total. The standard InChI is InChI=1S/C15H16ClN3O3/c16-11-2-1-10-7-13(17-12(10)8-11)15(22)19-5-3-18(4-6-19)14(21)9-20/h1-2,7-8,17,20H,3-6,9H2. The Morgan fingerprint density at radius 2 is 1.82 bits per heavy atom. The first-order chi connectivity index (χ1) is 10.6. The highest BCUT2D eigenvalue weighted by molar-refractivity contribution is 6.31. The number of nitrogens with zero attached hydrogens (tertiary/aromatic N) is 2. The van der Waals surface area contributed by atoms with Crippen LogP contribution in [0.25, 0.3) is 10.9 Å². The van der Waals surface area contributed by atoms with Gasteiger partial charge in [-0.15, -0.1) is 0 Å². The summed E-state index contributed by atoms with van der Waals surface area (Å²) < 4.78 is 0. The number of piperazine rings is 1. The molecule has 1 aromatic heterocycles. The summed E-state index contributed by atoms with van der Waals surface area (Å²) >= 11 is 5.94. The molecular formula is C15H16ClN3O3. The van der Waals surface area contributed by atoms with Crippen molar-refractivity contribution >= 4 is 34.3 Å². The van der Waals surface area contributed by atoms with Gasteiger partial charge in [-0.2, -0.15) is 0 Å². The van der Waals surface area contributed by atoms with Crippen LogP contribution in [-0.4, -0.2) is 64.5 Å². The molecule has 1 fully saturated rings. The molecule has 3 rings (SSSR count). The highest BCUT2D eigenvalue weighted by Gasteiger charge is 2.25. The van der Waals surface area contributed by atoms with Gasteiger partial charge in [-0.05, 0) is 18.2 Å². The molecule has 1 saturated heterocycles. The summed E-state index contributed by atoms with van der Waals surface area (Å²) in [7, 11) is 0. The Labute approximate surface area is 132 Å². The number of hydrogen-bond acceptors (Lipinski definition) is 3. The number of amides is 2. The van der Waals surface area contributed by atoms with Gasteiger partial charge in [-0.3, -0.25) is 9.59 Å². The van der Waals surface area contributed by atoms with Gasteiger partial charge >= 0.3 is 0 Å². The zero-order chi connectivity index (χ0) is 15.7. The number of fused-ring (bicyclic) bond motifs is 1. The maximum Gasteiger partial charge on any atom is 0.270 e. The van der Waals surface area contributed by atoms with Crippen LogP contribution in [0.2, 0.25) is 5.02 Å². The van der Waals surface area contributed by atoms with E-state index in [0.29, 0.717) is 36.9 Å². The number of carbonyl (C=O) groups is 2. The molecule has 0 radical (unpaired) electrons. The Morgan fingerprint density at radius 1 is 1.14 bits per heavy atom. The van der Waals surface area contributed by atoms with Crippen LogP contribution in [0.3, 0.4) is 0 Å². The highest BCUT2D eigenvalue weighted by atomic mass is 35.5. The second-order valence-electron chi connectivity index (χ2n) is 5.25. The number of aliphatic hydroxyl groups excluding tert-OH is 1. The van der Waals surface area contributed by atoms with E-state index >= 15 is 0 Å². The van der Waals surface area contributed by atoms with Crippen LogP contribution < -0.4 is 0 Å². The molecule has 0 spiro atoms. The lowest BCUT2D eigenvalue weighted by molar-refractivity contribution is -0.135. The van der Waals surface area contributed by atoms with E-state index in [2.05, 4.69) is 4.98 Å². The van der Waals surface area contributed by atoms with Crippen LogP contribution >= 0.6 is 11.6 Å².